The number of nitrogens with zero attached hydrogens (tertiary/aromatic N) is 2. The molecule has 1 heterocycles. The molecule has 1 saturated carbocycles. The van der Waals surface area contributed by atoms with Gasteiger partial charge in [-0.05, 0) is 49.9 Å². The highest BCUT2D eigenvalue weighted by atomic mass is 16.3. The average molecular weight is 331 g/mol. The van der Waals surface area contributed by atoms with E-state index >= 15 is 0 Å². The number of likely N-dealkylation sites (N-methyl/N-ethyl adjacent to an activating group) is 1. The van der Waals surface area contributed by atoms with Gasteiger partial charge in [-0.15, -0.1) is 0 Å². The van der Waals surface area contributed by atoms with Crippen molar-refractivity contribution in [3.63, 3.8) is 0 Å². The van der Waals surface area contributed by atoms with E-state index in [1.807, 2.05) is 12.1 Å². The molecule has 2 fully saturated rings. The lowest BCUT2D eigenvalue weighted by Gasteiger charge is -2.32. The molecule has 2 N–H and O–H groups in total. The second kappa shape index (κ2) is 8.10. The molecule has 0 spiro atoms. The van der Waals surface area contributed by atoms with Crippen molar-refractivity contribution in [3.8, 4) is 0 Å². The van der Waals surface area contributed by atoms with E-state index in [0.29, 0.717) is 17.9 Å². The molecular weight excluding hydrogens is 302 g/mol. The molecule has 24 heavy (non-hydrogen) atoms. The van der Waals surface area contributed by atoms with Crippen LogP contribution < -0.4 is 5.32 Å². The van der Waals surface area contributed by atoms with E-state index in [1.165, 1.54) is 5.56 Å². The fourth-order valence-corrected chi connectivity index (χ4v) is 3.34. The van der Waals surface area contributed by atoms with Gasteiger partial charge < -0.3 is 15.3 Å². The van der Waals surface area contributed by atoms with E-state index in [0.717, 1.165) is 45.6 Å². The van der Waals surface area contributed by atoms with Gasteiger partial charge in [0.25, 0.3) is 5.91 Å². The Morgan fingerprint density at radius 2 is 1.88 bits per heavy atom. The zero-order chi connectivity index (χ0) is 16.9. The van der Waals surface area contributed by atoms with E-state index in [4.69, 9.17) is 5.11 Å². The van der Waals surface area contributed by atoms with Gasteiger partial charge in [-0.25, -0.2) is 0 Å². The quantitative estimate of drug-likeness (QED) is 0.791. The SMILES string of the molecule is CN1CCN(Cc2ccc(C(=O)NC(CCO)C3CC3)cc2)CC1. The summed E-state index contributed by atoms with van der Waals surface area (Å²) in [6.45, 7) is 5.52. The largest absolute Gasteiger partial charge is 0.396 e. The maximum Gasteiger partial charge on any atom is 0.251 e. The van der Waals surface area contributed by atoms with Crippen LogP contribution >= 0.6 is 0 Å². The topological polar surface area (TPSA) is 55.8 Å². The molecule has 0 aromatic heterocycles. The first kappa shape index (κ1) is 17.4. The van der Waals surface area contributed by atoms with E-state index in [-0.39, 0.29) is 18.6 Å². The molecule has 5 nitrogen and oxygen atoms in total. The van der Waals surface area contributed by atoms with E-state index in [9.17, 15) is 4.79 Å². The summed E-state index contributed by atoms with van der Waals surface area (Å²) in [4.78, 5) is 17.2. The molecule has 1 amide bonds. The summed E-state index contributed by atoms with van der Waals surface area (Å²) in [6.07, 6.45) is 2.97. The Balaban J connectivity index is 1.52. The summed E-state index contributed by atoms with van der Waals surface area (Å²) < 4.78 is 0. The molecule has 5 heteroatoms. The summed E-state index contributed by atoms with van der Waals surface area (Å²) >= 11 is 0. The number of aliphatic hydroxyl groups excluding tert-OH is 1. The van der Waals surface area contributed by atoms with E-state index in [2.05, 4.69) is 34.3 Å². The number of hydrogen-bond acceptors (Lipinski definition) is 4. The maximum atomic E-state index is 12.4. The number of carbonyl (C=O) groups excluding carboxylic acids is 1. The van der Waals surface area contributed by atoms with Crippen molar-refractivity contribution in [2.75, 3.05) is 39.8 Å². The van der Waals surface area contributed by atoms with Gasteiger partial charge in [0, 0.05) is 50.9 Å². The first-order chi connectivity index (χ1) is 11.7. The fraction of sp³-hybridized carbons (Fsp3) is 0.632. The number of aliphatic hydroxyl groups is 1. The van der Waals surface area contributed by atoms with Gasteiger partial charge in [-0.3, -0.25) is 9.69 Å². The molecule has 0 radical (unpaired) electrons. The molecular formula is C19H29N3O2. The lowest BCUT2D eigenvalue weighted by atomic mass is 10.1. The molecule has 1 aromatic carbocycles. The second-order valence-corrected chi connectivity index (χ2v) is 7.21. The molecule has 1 aliphatic carbocycles. The van der Waals surface area contributed by atoms with Gasteiger partial charge in [0.2, 0.25) is 0 Å². The van der Waals surface area contributed by atoms with Gasteiger partial charge in [0.05, 0.1) is 0 Å². The number of benzene rings is 1. The predicted octanol–water partition coefficient (Wildman–Crippen LogP) is 1.32. The molecule has 0 bridgehead atoms. The third kappa shape index (κ3) is 4.79. The van der Waals surface area contributed by atoms with Crippen LogP contribution in [0, 0.1) is 5.92 Å². The van der Waals surface area contributed by atoms with Crippen molar-refractivity contribution in [1.82, 2.24) is 15.1 Å². The first-order valence-corrected chi connectivity index (χ1v) is 9.07. The average Bonchev–Trinajstić information content (AvgIpc) is 3.42. The van der Waals surface area contributed by atoms with Crippen LogP contribution in [0.5, 0.6) is 0 Å². The Morgan fingerprint density at radius 1 is 1.21 bits per heavy atom. The molecule has 3 rings (SSSR count). The van der Waals surface area contributed by atoms with E-state index < -0.39 is 0 Å². The smallest absolute Gasteiger partial charge is 0.251 e. The monoisotopic (exact) mass is 331 g/mol. The van der Waals surface area contributed by atoms with Crippen molar-refractivity contribution in [2.45, 2.75) is 31.8 Å². The minimum atomic E-state index is -0.0218. The van der Waals surface area contributed by atoms with Crippen molar-refractivity contribution < 1.29 is 9.90 Å². The normalized spacial score (nSPS) is 20.8. The molecule has 132 valence electrons. The van der Waals surface area contributed by atoms with Gasteiger partial charge in [-0.1, -0.05) is 12.1 Å². The van der Waals surface area contributed by atoms with Crippen LogP contribution in [0.3, 0.4) is 0 Å². The lowest BCUT2D eigenvalue weighted by Crippen LogP contribution is -2.43. The standard InChI is InChI=1S/C19H29N3O2/c1-21-9-11-22(12-10-21)14-15-2-4-17(5-3-15)19(24)20-18(8-13-23)16-6-7-16/h2-5,16,18,23H,6-14H2,1H3,(H,20,24). The number of rotatable bonds is 7. The van der Waals surface area contributed by atoms with Crippen LogP contribution in [0.1, 0.15) is 35.2 Å². The van der Waals surface area contributed by atoms with Gasteiger partial charge in [0.1, 0.15) is 0 Å². The molecule has 1 aromatic rings. The Bertz CT molecular complexity index is 534. The fourth-order valence-electron chi connectivity index (χ4n) is 3.34. The van der Waals surface area contributed by atoms with Crippen LogP contribution in [0.4, 0.5) is 0 Å². The number of amides is 1. The minimum absolute atomic E-state index is 0.0218. The van der Waals surface area contributed by atoms with Crippen molar-refractivity contribution >= 4 is 5.91 Å². The molecule has 1 atom stereocenters. The van der Waals surface area contributed by atoms with Crippen molar-refractivity contribution in [3.05, 3.63) is 35.4 Å². The summed E-state index contributed by atoms with van der Waals surface area (Å²) in [7, 11) is 2.16. The molecule has 1 aliphatic heterocycles. The zero-order valence-electron chi connectivity index (χ0n) is 14.6. The van der Waals surface area contributed by atoms with Gasteiger partial charge >= 0.3 is 0 Å². The van der Waals surface area contributed by atoms with Crippen LogP contribution in [-0.2, 0) is 6.54 Å². The maximum absolute atomic E-state index is 12.4. The zero-order valence-corrected chi connectivity index (χ0v) is 14.6. The third-order valence-corrected chi connectivity index (χ3v) is 5.17. The van der Waals surface area contributed by atoms with Gasteiger partial charge in [-0.2, -0.15) is 0 Å². The first-order valence-electron chi connectivity index (χ1n) is 9.07. The van der Waals surface area contributed by atoms with Crippen LogP contribution in [0.25, 0.3) is 0 Å². The Hall–Kier alpha value is -1.43. The minimum Gasteiger partial charge on any atom is -0.396 e. The predicted molar refractivity (Wildman–Crippen MR) is 94.9 cm³/mol. The summed E-state index contributed by atoms with van der Waals surface area (Å²) in [6, 6.07) is 8.08. The second-order valence-electron chi connectivity index (χ2n) is 7.21. The van der Waals surface area contributed by atoms with Crippen LogP contribution in [0.15, 0.2) is 24.3 Å². The number of piperazine rings is 1. The number of nitrogens with one attached hydrogen (secondary N) is 1. The Kier molecular flexibility index (Phi) is 5.87. The summed E-state index contributed by atoms with van der Waals surface area (Å²) in [5, 5.41) is 12.2. The molecule has 1 saturated heterocycles. The third-order valence-electron chi connectivity index (χ3n) is 5.17. The van der Waals surface area contributed by atoms with E-state index in [1.54, 1.807) is 0 Å². The molecule has 1 unspecified atom stereocenters. The highest BCUT2D eigenvalue weighted by Gasteiger charge is 2.31. The highest BCUT2D eigenvalue weighted by molar-refractivity contribution is 5.94. The molecule has 2 aliphatic rings. The Labute approximate surface area is 144 Å². The summed E-state index contributed by atoms with van der Waals surface area (Å²) in [5.41, 5.74) is 1.96. The van der Waals surface area contributed by atoms with Crippen molar-refractivity contribution in [1.29, 1.82) is 0 Å². The highest BCUT2D eigenvalue weighted by Crippen LogP contribution is 2.34. The van der Waals surface area contributed by atoms with Gasteiger partial charge in [0.15, 0.2) is 0 Å². The van der Waals surface area contributed by atoms with Crippen LogP contribution in [-0.4, -0.2) is 66.7 Å². The number of carbonyl (C=O) groups is 1. The Morgan fingerprint density at radius 3 is 2.46 bits per heavy atom. The summed E-state index contributed by atoms with van der Waals surface area (Å²) in [5.74, 6) is 0.532. The lowest BCUT2D eigenvalue weighted by molar-refractivity contribution is 0.0924. The number of hydrogen-bond donors (Lipinski definition) is 2. The van der Waals surface area contributed by atoms with Crippen molar-refractivity contribution in [2.24, 2.45) is 5.92 Å². The van der Waals surface area contributed by atoms with Crippen LogP contribution in [0.2, 0.25) is 0 Å².